The first-order valence-electron chi connectivity index (χ1n) is 19.0. The molecule has 2 aromatic carbocycles. The molecule has 0 radical (unpaired) electrons. The van der Waals surface area contributed by atoms with Crippen LogP contribution in [0.2, 0.25) is 0 Å². The van der Waals surface area contributed by atoms with Gasteiger partial charge in [0.2, 0.25) is 5.91 Å². The summed E-state index contributed by atoms with van der Waals surface area (Å²) in [6, 6.07) is 18.5. The summed E-state index contributed by atoms with van der Waals surface area (Å²) in [5.74, 6) is 0.0739. The number of unbranched alkanes of at least 4 members (excludes halogenated alkanes) is 16. The number of aliphatic hydroxyl groups is 1. The van der Waals surface area contributed by atoms with E-state index in [0.29, 0.717) is 36.8 Å². The van der Waals surface area contributed by atoms with E-state index in [0.717, 1.165) is 37.8 Å². The fourth-order valence-electron chi connectivity index (χ4n) is 5.92. The maximum Gasteiger partial charge on any atom is 0.273 e. The van der Waals surface area contributed by atoms with Crippen LogP contribution in [0.4, 0.5) is 5.69 Å². The molecule has 0 aliphatic rings. The van der Waals surface area contributed by atoms with Crippen LogP contribution in [0.25, 0.3) is 0 Å². The van der Waals surface area contributed by atoms with Gasteiger partial charge in [-0.3, -0.25) is 4.79 Å². The fourth-order valence-corrected chi connectivity index (χ4v) is 7.27. The van der Waals surface area contributed by atoms with Crippen LogP contribution >= 0.6 is 7.77 Å². The molecule has 0 saturated carbocycles. The predicted octanol–water partition coefficient (Wildman–Crippen LogP) is 9.76. The summed E-state index contributed by atoms with van der Waals surface area (Å²) in [5, 5.41) is 13.0. The highest BCUT2D eigenvalue weighted by Crippen LogP contribution is 2.19. The Morgan fingerprint density at radius 2 is 1.21 bits per heavy atom. The van der Waals surface area contributed by atoms with Crippen molar-refractivity contribution in [3.8, 4) is 0 Å². The van der Waals surface area contributed by atoms with Gasteiger partial charge in [-0.2, -0.15) is 0 Å². The number of benzene rings is 2. The normalized spacial score (nSPS) is 12.3. The third kappa shape index (κ3) is 23.3. The number of rotatable bonds is 29. The zero-order valence-corrected chi connectivity index (χ0v) is 31.6. The molecule has 0 aliphatic carbocycles. The van der Waals surface area contributed by atoms with E-state index in [1.807, 2.05) is 51.5 Å². The number of nitrogens with one attached hydrogen (secondary N) is 1. The molecule has 0 aromatic heterocycles. The van der Waals surface area contributed by atoms with Crippen molar-refractivity contribution in [1.82, 2.24) is 0 Å². The molecule has 1 amide bonds. The summed E-state index contributed by atoms with van der Waals surface area (Å²) in [6.45, 7) is 1.79. The molecule has 7 heteroatoms. The Labute approximate surface area is 294 Å². The number of carbonyl (C=O) groups is 1. The highest BCUT2D eigenvalue weighted by molar-refractivity contribution is 7.51. The van der Waals surface area contributed by atoms with E-state index in [1.165, 1.54) is 101 Å². The smallest absolute Gasteiger partial charge is 0.273 e. The van der Waals surface area contributed by atoms with E-state index < -0.39 is 7.77 Å². The molecule has 2 rings (SSSR count). The summed E-state index contributed by atoms with van der Waals surface area (Å²) in [7, 11) is 4.44. The third-order valence-corrected chi connectivity index (χ3v) is 10.2. The molecule has 1 unspecified atom stereocenters. The predicted molar refractivity (Wildman–Crippen MR) is 204 cm³/mol. The number of aryl methyl sites for hydroxylation is 1. The van der Waals surface area contributed by atoms with E-state index in [4.69, 9.17) is 4.74 Å². The Hall–Kier alpha value is -2.08. The van der Waals surface area contributed by atoms with Gasteiger partial charge in [0, 0.05) is 18.7 Å². The highest BCUT2D eigenvalue weighted by Gasteiger charge is 2.16. The Bertz CT molecular complexity index is 1120. The average molecular weight is 684 g/mol. The van der Waals surface area contributed by atoms with Crippen LogP contribution < -0.4 is 10.2 Å². The van der Waals surface area contributed by atoms with Crippen molar-refractivity contribution in [3.05, 3.63) is 65.7 Å². The fraction of sp³-hybridized carbons (Fsp3) is 0.659. The molecular formula is C41H68N2O4P+. The zero-order chi connectivity index (χ0) is 34.7. The second-order valence-electron chi connectivity index (χ2n) is 14.6. The van der Waals surface area contributed by atoms with Gasteiger partial charge in [0.05, 0.1) is 35.5 Å². The highest BCUT2D eigenvalue weighted by atomic mass is 31.1. The number of hydrogen-bond acceptors (Lipinski definition) is 3. The monoisotopic (exact) mass is 683 g/mol. The van der Waals surface area contributed by atoms with Gasteiger partial charge in [-0.05, 0) is 61.8 Å². The molecule has 0 saturated heterocycles. The topological polar surface area (TPSA) is 81.6 Å². The van der Waals surface area contributed by atoms with Gasteiger partial charge in [-0.1, -0.05) is 126 Å². The summed E-state index contributed by atoms with van der Waals surface area (Å²) in [6.07, 6.45) is 24.7. The van der Waals surface area contributed by atoms with Crippen LogP contribution in [-0.2, 0) is 22.6 Å². The summed E-state index contributed by atoms with van der Waals surface area (Å²) in [5.41, 5.74) is 3.60. The zero-order valence-electron chi connectivity index (χ0n) is 30.7. The lowest BCUT2D eigenvalue weighted by Crippen LogP contribution is -2.39. The largest absolute Gasteiger partial charge is 0.629 e. The quantitative estimate of drug-likeness (QED) is 0.0508. The number of nitrogens with zero attached hydrogens (tertiary/aromatic N) is 1. The van der Waals surface area contributed by atoms with Gasteiger partial charge < -0.3 is 24.5 Å². The van der Waals surface area contributed by atoms with Gasteiger partial charge in [0.25, 0.3) is 5.48 Å². The molecule has 2 aromatic rings. The standard InChI is InChI=1S/C41H67N2O4P/c1-43(2,3)35-41(45)48(46)34-24-17-15-13-11-9-7-5-4-6-8-10-12-14-16-19-25-37-29-31-39(32-30-37)42-40(44)28-22-23-33-47-36-38-26-20-18-21-27-38/h18,20-21,26-27,29-32H,4-17,19,22-25,28,33-36H2,1-3H3,(H-,42,44,45)/p+1. The number of quaternary nitrogens is 1. The van der Waals surface area contributed by atoms with Crippen molar-refractivity contribution >= 4 is 24.8 Å². The van der Waals surface area contributed by atoms with Gasteiger partial charge in [-0.15, -0.1) is 0 Å². The number of aliphatic hydroxyl groups excluding tert-OH is 1. The molecule has 0 aliphatic heterocycles. The van der Waals surface area contributed by atoms with Crippen LogP contribution in [0, 0.1) is 0 Å². The van der Waals surface area contributed by atoms with Gasteiger partial charge >= 0.3 is 0 Å². The Kier molecular flexibility index (Phi) is 23.5. The second kappa shape index (κ2) is 26.7. The number of hydrogen-bond donors (Lipinski definition) is 2. The van der Waals surface area contributed by atoms with Crippen LogP contribution in [0.3, 0.4) is 0 Å². The van der Waals surface area contributed by atoms with Crippen LogP contribution in [0.1, 0.15) is 133 Å². The van der Waals surface area contributed by atoms with Crippen molar-refractivity contribution < 1.29 is 24.0 Å². The molecule has 1 atom stereocenters. The maximum atomic E-state index is 12.3. The van der Waals surface area contributed by atoms with Crippen LogP contribution in [0.15, 0.2) is 54.6 Å². The average Bonchev–Trinajstić information content (AvgIpc) is 3.06. The summed E-state index contributed by atoms with van der Waals surface area (Å²) in [4.78, 5) is 24.4. The Morgan fingerprint density at radius 1 is 0.688 bits per heavy atom. The van der Waals surface area contributed by atoms with E-state index in [2.05, 4.69) is 29.6 Å². The number of amides is 1. The minimum atomic E-state index is -1.57. The van der Waals surface area contributed by atoms with E-state index in [-0.39, 0.29) is 11.4 Å². The number of carbonyl (C=O) groups excluding carboxylic acids is 1. The molecule has 0 fully saturated rings. The van der Waals surface area contributed by atoms with Crippen molar-refractivity contribution in [2.45, 2.75) is 135 Å². The van der Waals surface area contributed by atoms with Gasteiger partial charge in [-0.25, -0.2) is 0 Å². The first kappa shape index (κ1) is 42.1. The molecule has 0 spiro atoms. The maximum absolute atomic E-state index is 12.3. The summed E-state index contributed by atoms with van der Waals surface area (Å²) < 4.78 is 6.32. The van der Waals surface area contributed by atoms with Gasteiger partial charge in [0.1, 0.15) is 6.16 Å². The third-order valence-electron chi connectivity index (χ3n) is 8.77. The molecular weight excluding hydrogens is 615 g/mol. The lowest BCUT2D eigenvalue weighted by Gasteiger charge is -2.22. The van der Waals surface area contributed by atoms with Crippen LogP contribution in [0.5, 0.6) is 0 Å². The first-order chi connectivity index (χ1) is 23.2. The van der Waals surface area contributed by atoms with E-state index in [1.54, 1.807) is 0 Å². The van der Waals surface area contributed by atoms with Crippen molar-refractivity contribution in [2.24, 2.45) is 0 Å². The molecule has 2 N–H and O–H groups in total. The minimum Gasteiger partial charge on any atom is -0.629 e. The Morgan fingerprint density at radius 3 is 1.75 bits per heavy atom. The SMILES string of the molecule is C[N+](C)(C)CC(O)=[P+]([O-])CCCCCCCCCCCCCCCCCCc1ccc(NC(=O)CCCCOCc2ccccc2)cc1. The van der Waals surface area contributed by atoms with Gasteiger partial charge in [0.15, 0.2) is 6.54 Å². The van der Waals surface area contributed by atoms with Crippen molar-refractivity contribution in [2.75, 3.05) is 45.8 Å². The van der Waals surface area contributed by atoms with E-state index >= 15 is 0 Å². The number of ether oxygens (including phenoxy) is 1. The first-order valence-corrected chi connectivity index (χ1v) is 20.5. The van der Waals surface area contributed by atoms with Crippen LogP contribution in [-0.4, -0.2) is 61.4 Å². The minimum absolute atomic E-state index is 0.0739. The molecule has 270 valence electrons. The lowest BCUT2D eigenvalue weighted by molar-refractivity contribution is -0.861. The Balaban J connectivity index is 1.32. The lowest BCUT2D eigenvalue weighted by atomic mass is 10.0. The number of likely N-dealkylation sites (N-methyl/N-ethyl adjacent to an activating group) is 1. The second-order valence-corrected chi connectivity index (χ2v) is 16.3. The van der Waals surface area contributed by atoms with Crippen molar-refractivity contribution in [3.63, 3.8) is 0 Å². The summed E-state index contributed by atoms with van der Waals surface area (Å²) >= 11 is 0. The molecule has 6 nitrogen and oxygen atoms in total. The molecule has 0 heterocycles. The molecule has 0 bridgehead atoms. The van der Waals surface area contributed by atoms with Crippen molar-refractivity contribution in [1.29, 1.82) is 0 Å². The molecule has 48 heavy (non-hydrogen) atoms. The number of anilines is 1. The van der Waals surface area contributed by atoms with E-state index in [9.17, 15) is 14.8 Å².